The van der Waals surface area contributed by atoms with Gasteiger partial charge in [0.25, 0.3) is 0 Å². The first kappa shape index (κ1) is 16.5. The van der Waals surface area contributed by atoms with Crippen LogP contribution < -0.4 is 10.6 Å². The van der Waals surface area contributed by atoms with Crippen molar-refractivity contribution in [3.05, 3.63) is 28.2 Å². The maximum Gasteiger partial charge on any atom is 0.319 e. The number of carboxylic acid groups (broad SMARTS) is 1. The van der Waals surface area contributed by atoms with Crippen LogP contribution in [0.2, 0.25) is 0 Å². The van der Waals surface area contributed by atoms with Gasteiger partial charge in [0.15, 0.2) is 0 Å². The number of carboxylic acids is 1. The lowest BCUT2D eigenvalue weighted by atomic mass is 10.1. The second kappa shape index (κ2) is 7.89. The number of hydrogen-bond acceptors (Lipinski definition) is 2. The molecule has 0 bridgehead atoms. The molecule has 0 saturated heterocycles. The first-order valence-corrected chi connectivity index (χ1v) is 7.23. The Balaban J connectivity index is 2.30. The van der Waals surface area contributed by atoms with E-state index in [1.807, 2.05) is 25.1 Å². The minimum atomic E-state index is -0.806. The molecule has 0 aliphatic rings. The number of carbonyl (C=O) groups excluding carboxylic acids is 1. The molecule has 0 heterocycles. The van der Waals surface area contributed by atoms with Gasteiger partial charge in [-0.05, 0) is 43.5 Å². The first-order valence-electron chi connectivity index (χ1n) is 6.44. The number of benzene rings is 1. The Kier molecular flexibility index (Phi) is 6.51. The normalized spacial score (nSPS) is 11.8. The number of aliphatic carboxylic acids is 1. The molecule has 0 saturated carbocycles. The molecule has 0 aliphatic heterocycles. The molecule has 0 spiro atoms. The van der Waals surface area contributed by atoms with Gasteiger partial charge in [0.1, 0.15) is 0 Å². The third-order valence-corrected chi connectivity index (χ3v) is 3.83. The molecule has 1 atom stereocenters. The van der Waals surface area contributed by atoms with Crippen LogP contribution in [0.1, 0.15) is 25.3 Å². The summed E-state index contributed by atoms with van der Waals surface area (Å²) in [6.07, 6.45) is 1.19. The van der Waals surface area contributed by atoms with E-state index in [4.69, 9.17) is 5.11 Å². The molecule has 1 aromatic rings. The maximum absolute atomic E-state index is 11.6. The lowest BCUT2D eigenvalue weighted by Gasteiger charge is -2.10. The van der Waals surface area contributed by atoms with Gasteiger partial charge < -0.3 is 15.7 Å². The van der Waals surface area contributed by atoms with Crippen molar-refractivity contribution in [2.45, 2.75) is 26.7 Å². The fourth-order valence-corrected chi connectivity index (χ4v) is 1.88. The number of urea groups is 1. The predicted octanol–water partition coefficient (Wildman–Crippen LogP) is 3.38. The number of nitrogens with one attached hydrogen (secondary N) is 2. The zero-order chi connectivity index (χ0) is 15.1. The molecule has 110 valence electrons. The van der Waals surface area contributed by atoms with E-state index in [0.29, 0.717) is 19.4 Å². The summed E-state index contributed by atoms with van der Waals surface area (Å²) in [5.74, 6) is -1.19. The molecular weight excluding hydrogens is 324 g/mol. The van der Waals surface area contributed by atoms with E-state index in [2.05, 4.69) is 26.6 Å². The Labute approximate surface area is 126 Å². The number of rotatable bonds is 6. The van der Waals surface area contributed by atoms with Crippen molar-refractivity contribution < 1.29 is 14.7 Å². The number of carbonyl (C=O) groups is 2. The number of aryl methyl sites for hydroxylation is 1. The fraction of sp³-hybridized carbons (Fsp3) is 0.429. The van der Waals surface area contributed by atoms with Crippen molar-refractivity contribution in [1.82, 2.24) is 5.32 Å². The van der Waals surface area contributed by atoms with E-state index in [1.165, 1.54) is 0 Å². The summed E-state index contributed by atoms with van der Waals surface area (Å²) in [6.45, 7) is 4.06. The topological polar surface area (TPSA) is 78.4 Å². The third-order valence-electron chi connectivity index (χ3n) is 2.94. The highest BCUT2D eigenvalue weighted by molar-refractivity contribution is 9.10. The smallest absolute Gasteiger partial charge is 0.319 e. The van der Waals surface area contributed by atoms with Crippen LogP contribution in [0.3, 0.4) is 0 Å². The van der Waals surface area contributed by atoms with Crippen LogP contribution in [0.4, 0.5) is 10.5 Å². The van der Waals surface area contributed by atoms with Crippen molar-refractivity contribution in [1.29, 1.82) is 0 Å². The Morgan fingerprint density at radius 1 is 1.40 bits per heavy atom. The second-order valence-corrected chi connectivity index (χ2v) is 5.58. The zero-order valence-corrected chi connectivity index (χ0v) is 13.2. The largest absolute Gasteiger partial charge is 0.481 e. The molecule has 1 unspecified atom stereocenters. The summed E-state index contributed by atoms with van der Waals surface area (Å²) in [4.78, 5) is 22.3. The molecule has 3 N–H and O–H groups in total. The van der Waals surface area contributed by atoms with Gasteiger partial charge in [-0.3, -0.25) is 4.79 Å². The summed E-state index contributed by atoms with van der Waals surface area (Å²) in [5.41, 5.74) is 1.76. The lowest BCUT2D eigenvalue weighted by molar-refractivity contribution is -0.141. The highest BCUT2D eigenvalue weighted by atomic mass is 79.9. The second-order valence-electron chi connectivity index (χ2n) is 4.73. The average molecular weight is 343 g/mol. The van der Waals surface area contributed by atoms with Crippen LogP contribution in [0, 0.1) is 12.8 Å². The summed E-state index contributed by atoms with van der Waals surface area (Å²) in [7, 11) is 0. The van der Waals surface area contributed by atoms with Crippen LogP contribution in [-0.4, -0.2) is 23.7 Å². The van der Waals surface area contributed by atoms with Gasteiger partial charge in [0.2, 0.25) is 0 Å². The molecule has 20 heavy (non-hydrogen) atoms. The number of hydrogen-bond donors (Lipinski definition) is 3. The third kappa shape index (κ3) is 5.61. The minimum absolute atomic E-state index is 0.283. The van der Waals surface area contributed by atoms with Crippen molar-refractivity contribution in [2.75, 3.05) is 11.9 Å². The van der Waals surface area contributed by atoms with Crippen molar-refractivity contribution >= 4 is 33.6 Å². The van der Waals surface area contributed by atoms with Gasteiger partial charge >= 0.3 is 12.0 Å². The van der Waals surface area contributed by atoms with Crippen molar-refractivity contribution in [3.8, 4) is 0 Å². The van der Waals surface area contributed by atoms with Crippen molar-refractivity contribution in [3.63, 3.8) is 0 Å². The van der Waals surface area contributed by atoms with Gasteiger partial charge in [-0.2, -0.15) is 0 Å². The van der Waals surface area contributed by atoms with Crippen LogP contribution in [0.15, 0.2) is 22.7 Å². The highest BCUT2D eigenvalue weighted by Gasteiger charge is 2.10. The standard InChI is InChI=1S/C14H19BrN2O3/c1-9(13(18)19)4-3-7-16-14(20)17-11-5-6-12(15)10(2)8-11/h5-6,8-9H,3-4,7H2,1-2H3,(H,18,19)(H2,16,17,20). The highest BCUT2D eigenvalue weighted by Crippen LogP contribution is 2.19. The molecule has 0 aromatic heterocycles. The van der Waals surface area contributed by atoms with E-state index in [9.17, 15) is 9.59 Å². The molecule has 5 nitrogen and oxygen atoms in total. The number of halogens is 1. The molecule has 6 heteroatoms. The molecule has 0 aliphatic carbocycles. The maximum atomic E-state index is 11.6. The Morgan fingerprint density at radius 2 is 2.10 bits per heavy atom. The average Bonchev–Trinajstić information content (AvgIpc) is 2.38. The minimum Gasteiger partial charge on any atom is -0.481 e. The van der Waals surface area contributed by atoms with Crippen LogP contribution >= 0.6 is 15.9 Å². The molecule has 2 amide bonds. The summed E-state index contributed by atoms with van der Waals surface area (Å²) in [6, 6.07) is 5.27. The van der Waals surface area contributed by atoms with Gasteiger partial charge in [0.05, 0.1) is 5.92 Å². The van der Waals surface area contributed by atoms with E-state index >= 15 is 0 Å². The van der Waals surface area contributed by atoms with Crippen LogP contribution in [-0.2, 0) is 4.79 Å². The van der Waals surface area contributed by atoms with Gasteiger partial charge in [-0.1, -0.05) is 22.9 Å². The SMILES string of the molecule is Cc1cc(NC(=O)NCCCC(C)C(=O)O)ccc1Br. The molecule has 0 fully saturated rings. The molecule has 0 radical (unpaired) electrons. The molecule has 1 aromatic carbocycles. The summed E-state index contributed by atoms with van der Waals surface area (Å²) >= 11 is 3.40. The van der Waals surface area contributed by atoms with Crippen molar-refractivity contribution in [2.24, 2.45) is 5.92 Å². The molecule has 1 rings (SSSR count). The fourth-order valence-electron chi connectivity index (χ4n) is 1.63. The quantitative estimate of drug-likeness (QED) is 0.693. The first-order chi connectivity index (χ1) is 9.40. The summed E-state index contributed by atoms with van der Waals surface area (Å²) in [5, 5.41) is 14.2. The lowest BCUT2D eigenvalue weighted by Crippen LogP contribution is -2.30. The number of anilines is 1. The Bertz CT molecular complexity index is 491. The van der Waals surface area contributed by atoms with E-state index < -0.39 is 5.97 Å². The Morgan fingerprint density at radius 3 is 2.70 bits per heavy atom. The monoisotopic (exact) mass is 342 g/mol. The van der Waals surface area contributed by atoms with Gasteiger partial charge in [-0.15, -0.1) is 0 Å². The predicted molar refractivity (Wildman–Crippen MR) is 81.9 cm³/mol. The van der Waals surface area contributed by atoms with Crippen LogP contribution in [0.5, 0.6) is 0 Å². The number of amides is 2. The van der Waals surface area contributed by atoms with E-state index in [-0.39, 0.29) is 11.9 Å². The zero-order valence-electron chi connectivity index (χ0n) is 11.6. The van der Waals surface area contributed by atoms with Gasteiger partial charge in [-0.25, -0.2) is 4.79 Å². The van der Waals surface area contributed by atoms with E-state index in [0.717, 1.165) is 15.7 Å². The van der Waals surface area contributed by atoms with Crippen LogP contribution in [0.25, 0.3) is 0 Å². The summed E-state index contributed by atoms with van der Waals surface area (Å²) < 4.78 is 0.992. The molecular formula is C14H19BrN2O3. The van der Waals surface area contributed by atoms with Gasteiger partial charge in [0, 0.05) is 16.7 Å². The Hall–Kier alpha value is -1.56. The van der Waals surface area contributed by atoms with E-state index in [1.54, 1.807) is 6.92 Å².